The Kier molecular flexibility index (Phi) is 4.32. The van der Waals surface area contributed by atoms with Crippen LogP contribution in [0.5, 0.6) is 11.5 Å². The Balaban J connectivity index is 2.01. The van der Waals surface area contributed by atoms with Gasteiger partial charge in [0.05, 0.1) is 16.1 Å². The van der Waals surface area contributed by atoms with Gasteiger partial charge in [-0.2, -0.15) is 0 Å². The third-order valence-electron chi connectivity index (χ3n) is 2.91. The minimum absolute atomic E-state index is 0.00770. The third-order valence-corrected chi connectivity index (χ3v) is 5.36. The van der Waals surface area contributed by atoms with Crippen molar-refractivity contribution in [1.82, 2.24) is 0 Å². The van der Waals surface area contributed by atoms with E-state index < -0.39 is 0 Å². The molecule has 0 atom stereocenters. The molecule has 0 amide bonds. The number of ether oxygens (including phenoxy) is 2. The van der Waals surface area contributed by atoms with Crippen LogP contribution < -0.4 is 9.47 Å². The number of carbonyl (C=O) groups excluding carboxylic acids is 1. The van der Waals surface area contributed by atoms with Crippen molar-refractivity contribution < 1.29 is 14.3 Å². The van der Waals surface area contributed by atoms with Gasteiger partial charge < -0.3 is 9.47 Å². The highest BCUT2D eigenvalue weighted by Crippen LogP contribution is 2.36. The first-order valence-electron chi connectivity index (χ1n) is 6.03. The quantitative estimate of drug-likeness (QED) is 0.484. The fraction of sp³-hybridized carbons (Fsp3) is 0.214. The lowest BCUT2D eigenvalue weighted by Gasteiger charge is -2.10. The van der Waals surface area contributed by atoms with Crippen LogP contribution in [0.2, 0.25) is 0 Å². The Hall–Kier alpha value is -0.600. The molecule has 3 nitrogen and oxygen atoms in total. The summed E-state index contributed by atoms with van der Waals surface area (Å²) in [5.41, 5.74) is 1.30. The molecule has 1 aliphatic rings. The first kappa shape index (κ1) is 14.3. The highest BCUT2D eigenvalue weighted by Gasteiger charge is 2.19. The standard InChI is InChI=1S/C14H10BrIO3S/c15-10-6-12-11(18-2-1-3-19-12)5-9(10)14(17)8-4-13(16)20-7-8/h4-7H,1-3H2. The molecule has 3 rings (SSSR count). The van der Waals surface area contributed by atoms with Crippen molar-refractivity contribution in [3.63, 3.8) is 0 Å². The number of hydrogen-bond donors (Lipinski definition) is 0. The average Bonchev–Trinajstić information content (AvgIpc) is 2.73. The molecule has 104 valence electrons. The summed E-state index contributed by atoms with van der Waals surface area (Å²) in [5, 5.41) is 1.87. The molecule has 20 heavy (non-hydrogen) atoms. The topological polar surface area (TPSA) is 35.5 Å². The predicted octanol–water partition coefficient (Wildman–Crippen LogP) is 4.51. The number of carbonyl (C=O) groups is 1. The molecule has 0 unspecified atom stereocenters. The molecule has 0 spiro atoms. The van der Waals surface area contributed by atoms with Crippen LogP contribution in [-0.2, 0) is 0 Å². The first-order valence-corrected chi connectivity index (χ1v) is 8.78. The summed E-state index contributed by atoms with van der Waals surface area (Å²) in [7, 11) is 0. The number of fused-ring (bicyclic) bond motifs is 1. The van der Waals surface area contributed by atoms with Crippen molar-refractivity contribution in [2.75, 3.05) is 13.2 Å². The van der Waals surface area contributed by atoms with Crippen LogP contribution >= 0.6 is 49.9 Å². The van der Waals surface area contributed by atoms with E-state index in [-0.39, 0.29) is 5.78 Å². The normalized spacial score (nSPS) is 13.9. The van der Waals surface area contributed by atoms with E-state index in [1.54, 1.807) is 17.4 Å². The van der Waals surface area contributed by atoms with Crippen molar-refractivity contribution in [3.8, 4) is 11.5 Å². The summed E-state index contributed by atoms with van der Waals surface area (Å²) in [6.07, 6.45) is 0.846. The van der Waals surface area contributed by atoms with E-state index in [0.29, 0.717) is 35.8 Å². The minimum atomic E-state index is -0.00770. The number of thiophene rings is 1. The SMILES string of the molecule is O=C(c1csc(I)c1)c1cc2c(cc1Br)OCCCO2. The monoisotopic (exact) mass is 464 g/mol. The van der Waals surface area contributed by atoms with Gasteiger partial charge in [0.2, 0.25) is 0 Å². The number of rotatable bonds is 2. The molecule has 1 aliphatic heterocycles. The molecule has 6 heteroatoms. The Morgan fingerprint density at radius 3 is 2.55 bits per heavy atom. The molecule has 0 saturated carbocycles. The van der Waals surface area contributed by atoms with E-state index in [4.69, 9.17) is 9.47 Å². The van der Waals surface area contributed by atoms with Gasteiger partial charge in [-0.25, -0.2) is 0 Å². The Morgan fingerprint density at radius 1 is 1.20 bits per heavy atom. The second kappa shape index (κ2) is 6.03. The summed E-state index contributed by atoms with van der Waals surface area (Å²) >= 11 is 7.22. The zero-order valence-electron chi connectivity index (χ0n) is 10.3. The van der Waals surface area contributed by atoms with Gasteiger partial charge in [0.25, 0.3) is 0 Å². The van der Waals surface area contributed by atoms with Gasteiger partial charge in [-0.1, -0.05) is 0 Å². The van der Waals surface area contributed by atoms with Crippen LogP contribution in [0.4, 0.5) is 0 Å². The zero-order valence-corrected chi connectivity index (χ0v) is 14.9. The second-order valence-corrected chi connectivity index (χ2v) is 7.96. The molecule has 2 heterocycles. The largest absolute Gasteiger partial charge is 0.490 e. The molecule has 0 aliphatic carbocycles. The fourth-order valence-electron chi connectivity index (χ4n) is 1.94. The van der Waals surface area contributed by atoms with Crippen molar-refractivity contribution >= 4 is 55.6 Å². The van der Waals surface area contributed by atoms with Gasteiger partial charge in [0.1, 0.15) is 0 Å². The van der Waals surface area contributed by atoms with Crippen LogP contribution in [0.25, 0.3) is 0 Å². The molecule has 0 bridgehead atoms. The molecule has 0 fully saturated rings. The lowest BCUT2D eigenvalue weighted by Crippen LogP contribution is -2.02. The van der Waals surface area contributed by atoms with E-state index in [0.717, 1.165) is 13.8 Å². The number of benzene rings is 1. The van der Waals surface area contributed by atoms with E-state index in [1.807, 2.05) is 17.5 Å². The summed E-state index contributed by atoms with van der Waals surface area (Å²) < 4.78 is 13.1. The minimum Gasteiger partial charge on any atom is -0.490 e. The highest BCUT2D eigenvalue weighted by molar-refractivity contribution is 14.1. The van der Waals surface area contributed by atoms with E-state index in [1.165, 1.54) is 0 Å². The smallest absolute Gasteiger partial charge is 0.195 e. The maximum atomic E-state index is 12.5. The van der Waals surface area contributed by atoms with Crippen LogP contribution in [0.3, 0.4) is 0 Å². The molecule has 0 saturated heterocycles. The predicted molar refractivity (Wildman–Crippen MR) is 90.2 cm³/mol. The van der Waals surface area contributed by atoms with E-state index >= 15 is 0 Å². The third kappa shape index (κ3) is 2.87. The molecule has 0 N–H and O–H groups in total. The van der Waals surface area contributed by atoms with Crippen LogP contribution in [0.15, 0.2) is 28.1 Å². The summed E-state index contributed by atoms with van der Waals surface area (Å²) in [6.45, 7) is 1.24. The molecule has 1 aromatic carbocycles. The van der Waals surface area contributed by atoms with Gasteiger partial charge in [0, 0.05) is 27.4 Å². The average molecular weight is 465 g/mol. The molecule has 0 radical (unpaired) electrons. The first-order chi connectivity index (χ1) is 9.65. The summed E-state index contributed by atoms with van der Waals surface area (Å²) in [5.74, 6) is 1.32. The highest BCUT2D eigenvalue weighted by atomic mass is 127. The van der Waals surface area contributed by atoms with Crippen molar-refractivity contribution in [1.29, 1.82) is 0 Å². The maximum Gasteiger partial charge on any atom is 0.195 e. The molecular formula is C14H10BrIO3S. The molecule has 1 aromatic heterocycles. The maximum absolute atomic E-state index is 12.5. The lowest BCUT2D eigenvalue weighted by molar-refractivity contribution is 0.103. The van der Waals surface area contributed by atoms with Gasteiger partial charge >= 0.3 is 0 Å². The number of ketones is 1. The Labute approximate surface area is 142 Å². The van der Waals surface area contributed by atoms with Crippen LogP contribution in [0, 0.1) is 2.88 Å². The van der Waals surface area contributed by atoms with Crippen molar-refractivity contribution in [2.24, 2.45) is 0 Å². The Morgan fingerprint density at radius 2 is 1.90 bits per heavy atom. The number of hydrogen-bond acceptors (Lipinski definition) is 4. The van der Waals surface area contributed by atoms with E-state index in [9.17, 15) is 4.79 Å². The number of halogens is 2. The molecular weight excluding hydrogens is 455 g/mol. The second-order valence-electron chi connectivity index (χ2n) is 4.30. The lowest BCUT2D eigenvalue weighted by atomic mass is 10.1. The Bertz CT molecular complexity index is 668. The van der Waals surface area contributed by atoms with Gasteiger partial charge in [0.15, 0.2) is 17.3 Å². The van der Waals surface area contributed by atoms with E-state index in [2.05, 4.69) is 38.5 Å². The van der Waals surface area contributed by atoms with Crippen LogP contribution in [-0.4, -0.2) is 19.0 Å². The van der Waals surface area contributed by atoms with Gasteiger partial charge in [-0.3, -0.25) is 4.79 Å². The van der Waals surface area contributed by atoms with Crippen molar-refractivity contribution in [3.05, 3.63) is 42.1 Å². The summed E-state index contributed by atoms with van der Waals surface area (Å²) in [4.78, 5) is 12.5. The molecule has 2 aromatic rings. The van der Waals surface area contributed by atoms with Crippen LogP contribution in [0.1, 0.15) is 22.3 Å². The van der Waals surface area contributed by atoms with Gasteiger partial charge in [-0.15, -0.1) is 11.3 Å². The van der Waals surface area contributed by atoms with Crippen molar-refractivity contribution in [2.45, 2.75) is 6.42 Å². The zero-order chi connectivity index (χ0) is 14.1. The van der Waals surface area contributed by atoms with Gasteiger partial charge in [-0.05, 0) is 56.7 Å². The fourth-order valence-corrected chi connectivity index (χ4v) is 3.77. The summed E-state index contributed by atoms with van der Waals surface area (Å²) in [6, 6.07) is 5.46.